The molecule has 1 heterocycles. The summed E-state index contributed by atoms with van der Waals surface area (Å²) < 4.78 is 2.13. The topological polar surface area (TPSA) is 17.8 Å². The molecule has 0 saturated carbocycles. The molecule has 1 aromatic carbocycles. The van der Waals surface area contributed by atoms with E-state index in [0.29, 0.717) is 0 Å². The van der Waals surface area contributed by atoms with E-state index in [1.54, 1.807) is 0 Å². The first-order valence-electron chi connectivity index (χ1n) is 4.37. The molecule has 0 aliphatic heterocycles. The van der Waals surface area contributed by atoms with Crippen LogP contribution in [-0.4, -0.2) is 7.76 Å². The van der Waals surface area contributed by atoms with Crippen LogP contribution in [0.1, 0.15) is 18.3 Å². The monoisotopic (exact) mass is 286 g/mol. The fourth-order valence-electron chi connectivity index (χ4n) is 1.56. The van der Waals surface area contributed by atoms with Gasteiger partial charge in [0.15, 0.2) is 0 Å². The van der Waals surface area contributed by atoms with Gasteiger partial charge in [-0.05, 0) is 25.0 Å². The second-order valence-corrected chi connectivity index (χ2v) is 4.04. The number of benzene rings is 1. The number of aromatic nitrogens is 2. The van der Waals surface area contributed by atoms with Crippen molar-refractivity contribution in [1.82, 2.24) is 7.76 Å². The van der Waals surface area contributed by atoms with E-state index < -0.39 is 0 Å². The third kappa shape index (κ3) is 1.35. The molecule has 0 N–H and O–H groups in total. The normalized spacial score (nSPS) is 11.0. The highest BCUT2D eigenvalue weighted by molar-refractivity contribution is 14.1. The number of hydrogen-bond acceptors (Lipinski definition) is 1. The molecule has 2 nitrogen and oxygen atoms in total. The van der Waals surface area contributed by atoms with Crippen LogP contribution in [0.15, 0.2) is 18.2 Å². The average Bonchev–Trinajstić information content (AvgIpc) is 2.43. The molecule has 0 atom stereocenters. The van der Waals surface area contributed by atoms with Crippen LogP contribution < -0.4 is 0 Å². The fraction of sp³-hybridized carbons (Fsp3) is 0.300. The predicted octanol–water partition coefficient (Wildman–Crippen LogP) is 3.11. The quantitative estimate of drug-likeness (QED) is 0.737. The minimum atomic E-state index is 1.06. The van der Waals surface area contributed by atoms with Gasteiger partial charge in [0.25, 0.3) is 0 Å². The number of aryl methyl sites for hydroxylation is 2. The summed E-state index contributed by atoms with van der Waals surface area (Å²) >= 11 is 2.30. The second kappa shape index (κ2) is 3.29. The van der Waals surface area contributed by atoms with Gasteiger partial charge in [-0.25, -0.2) is 4.98 Å². The molecule has 0 aliphatic rings. The van der Waals surface area contributed by atoms with Crippen LogP contribution in [0, 0.1) is 6.92 Å². The molecule has 0 saturated heterocycles. The molecule has 0 radical (unpaired) electrons. The Kier molecular flexibility index (Phi) is 2.27. The molecule has 1 aromatic heterocycles. The van der Waals surface area contributed by atoms with Crippen LogP contribution in [0.25, 0.3) is 11.0 Å². The van der Waals surface area contributed by atoms with Crippen molar-refractivity contribution in [1.29, 1.82) is 0 Å². The zero-order chi connectivity index (χ0) is 9.42. The first-order valence-corrected chi connectivity index (χ1v) is 5.33. The van der Waals surface area contributed by atoms with Gasteiger partial charge in [-0.15, -0.1) is 0 Å². The number of fused-ring (bicyclic) bond motifs is 1. The maximum absolute atomic E-state index is 4.48. The number of para-hydroxylation sites is 1. The first kappa shape index (κ1) is 8.99. The van der Waals surface area contributed by atoms with E-state index in [1.807, 2.05) is 6.92 Å². The summed E-state index contributed by atoms with van der Waals surface area (Å²) in [6.07, 6.45) is 1.06. The Labute approximate surface area is 91.5 Å². The highest BCUT2D eigenvalue weighted by Gasteiger charge is 2.07. The Hall–Kier alpha value is -0.580. The zero-order valence-corrected chi connectivity index (χ0v) is 9.87. The highest BCUT2D eigenvalue weighted by Crippen LogP contribution is 2.22. The summed E-state index contributed by atoms with van der Waals surface area (Å²) in [5.41, 5.74) is 3.74. The van der Waals surface area contributed by atoms with E-state index >= 15 is 0 Å². The Morgan fingerprint density at radius 2 is 2.23 bits per heavy atom. The molecule has 13 heavy (non-hydrogen) atoms. The second-order valence-electron chi connectivity index (χ2n) is 3.08. The van der Waals surface area contributed by atoms with Crippen molar-refractivity contribution in [2.24, 2.45) is 0 Å². The molecule has 0 bridgehead atoms. The van der Waals surface area contributed by atoms with E-state index in [1.165, 1.54) is 11.1 Å². The Morgan fingerprint density at radius 1 is 1.46 bits per heavy atom. The average molecular weight is 286 g/mol. The Balaban J connectivity index is 2.87. The maximum Gasteiger partial charge on any atom is 0.115 e. The standard InChI is InChI=1S/C10H11IN2/c1-3-8-5-4-6-9-10(8)13(11)7(2)12-9/h4-6H,3H2,1-2H3. The first-order chi connectivity index (χ1) is 6.24. The van der Waals surface area contributed by atoms with Crippen molar-refractivity contribution in [3.05, 3.63) is 29.6 Å². The lowest BCUT2D eigenvalue weighted by Crippen LogP contribution is -1.87. The molecule has 3 heteroatoms. The van der Waals surface area contributed by atoms with Crippen LogP contribution in [0.5, 0.6) is 0 Å². The molecular weight excluding hydrogens is 275 g/mol. The van der Waals surface area contributed by atoms with Crippen molar-refractivity contribution in [3.63, 3.8) is 0 Å². The van der Waals surface area contributed by atoms with Gasteiger partial charge in [0.2, 0.25) is 0 Å². The van der Waals surface area contributed by atoms with E-state index in [0.717, 1.165) is 17.8 Å². The van der Waals surface area contributed by atoms with Gasteiger partial charge in [0, 0.05) is 0 Å². The summed E-state index contributed by atoms with van der Waals surface area (Å²) in [6.45, 7) is 4.21. The minimum absolute atomic E-state index is 1.06. The van der Waals surface area contributed by atoms with Crippen LogP contribution in [0.4, 0.5) is 0 Å². The molecule has 0 amide bonds. The smallest absolute Gasteiger partial charge is 0.115 e. The highest BCUT2D eigenvalue weighted by atomic mass is 127. The SMILES string of the molecule is CCc1cccc2nc(C)n(I)c12. The van der Waals surface area contributed by atoms with Gasteiger partial charge >= 0.3 is 0 Å². The largest absolute Gasteiger partial charge is 0.268 e. The van der Waals surface area contributed by atoms with Gasteiger partial charge in [0.05, 0.1) is 33.9 Å². The molecule has 0 spiro atoms. The number of imidazole rings is 1. The van der Waals surface area contributed by atoms with Crippen LogP contribution in [-0.2, 0) is 6.42 Å². The maximum atomic E-state index is 4.48. The van der Waals surface area contributed by atoms with Crippen molar-refractivity contribution in [2.75, 3.05) is 0 Å². The van der Waals surface area contributed by atoms with Crippen LogP contribution in [0.2, 0.25) is 0 Å². The van der Waals surface area contributed by atoms with Gasteiger partial charge in [0.1, 0.15) is 5.82 Å². The third-order valence-electron chi connectivity index (χ3n) is 2.24. The van der Waals surface area contributed by atoms with Crippen LogP contribution >= 0.6 is 22.9 Å². The lowest BCUT2D eigenvalue weighted by Gasteiger charge is -2.00. The fourth-order valence-corrected chi connectivity index (χ4v) is 2.22. The molecule has 68 valence electrons. The van der Waals surface area contributed by atoms with Gasteiger partial charge in [-0.2, -0.15) is 0 Å². The lowest BCUT2D eigenvalue weighted by molar-refractivity contribution is 1.12. The Bertz CT molecular complexity index is 445. The van der Waals surface area contributed by atoms with Gasteiger partial charge in [-0.3, -0.25) is 2.78 Å². The molecule has 0 unspecified atom stereocenters. The Morgan fingerprint density at radius 3 is 2.92 bits per heavy atom. The summed E-state index contributed by atoms with van der Waals surface area (Å²) in [4.78, 5) is 4.48. The van der Waals surface area contributed by atoms with Gasteiger partial charge < -0.3 is 0 Å². The minimum Gasteiger partial charge on any atom is -0.268 e. The van der Waals surface area contributed by atoms with Crippen molar-refractivity contribution < 1.29 is 0 Å². The molecule has 2 aromatic rings. The van der Waals surface area contributed by atoms with Crippen molar-refractivity contribution in [3.8, 4) is 0 Å². The van der Waals surface area contributed by atoms with E-state index in [4.69, 9.17) is 0 Å². The van der Waals surface area contributed by atoms with Gasteiger partial charge in [-0.1, -0.05) is 19.1 Å². The summed E-state index contributed by atoms with van der Waals surface area (Å²) in [6, 6.07) is 6.31. The summed E-state index contributed by atoms with van der Waals surface area (Å²) in [5, 5.41) is 0. The van der Waals surface area contributed by atoms with Crippen molar-refractivity contribution in [2.45, 2.75) is 20.3 Å². The number of hydrogen-bond donors (Lipinski definition) is 0. The zero-order valence-electron chi connectivity index (χ0n) is 7.71. The number of halogens is 1. The van der Waals surface area contributed by atoms with E-state index in [9.17, 15) is 0 Å². The third-order valence-corrected chi connectivity index (χ3v) is 3.42. The molecule has 2 rings (SSSR count). The van der Waals surface area contributed by atoms with E-state index in [-0.39, 0.29) is 0 Å². The molecule has 0 fully saturated rings. The van der Waals surface area contributed by atoms with Crippen LogP contribution in [0.3, 0.4) is 0 Å². The predicted molar refractivity (Wildman–Crippen MR) is 63.3 cm³/mol. The summed E-state index contributed by atoms with van der Waals surface area (Å²) in [5.74, 6) is 1.07. The number of nitrogens with zero attached hydrogens (tertiary/aromatic N) is 2. The molecular formula is C10H11IN2. The molecule has 0 aliphatic carbocycles. The lowest BCUT2D eigenvalue weighted by atomic mass is 10.1. The summed E-state index contributed by atoms with van der Waals surface area (Å²) in [7, 11) is 0. The van der Waals surface area contributed by atoms with Crippen molar-refractivity contribution >= 4 is 33.9 Å². The van der Waals surface area contributed by atoms with E-state index in [2.05, 4.69) is 55.8 Å². The number of rotatable bonds is 1.